The minimum atomic E-state index is -0.439. The number of phenolic OH excluding ortho intramolecular Hbond substituents is 1. The normalized spacial score (nSPS) is 12.7. The minimum Gasteiger partial charge on any atom is -0.507 e. The molecule has 0 aliphatic heterocycles. The number of aromatic hydroxyl groups is 1. The van der Waals surface area contributed by atoms with E-state index in [1.165, 1.54) is 18.3 Å². The molecule has 0 spiro atoms. The Bertz CT molecular complexity index is 1230. The van der Waals surface area contributed by atoms with Crippen molar-refractivity contribution in [2.75, 3.05) is 0 Å². The topological polar surface area (TPSA) is 100 Å². The molecule has 0 aromatic heterocycles. The number of phenols is 1. The second-order valence-electron chi connectivity index (χ2n) is 10.4. The highest BCUT2D eigenvalue weighted by atomic mass is 16.6. The van der Waals surface area contributed by atoms with Gasteiger partial charge >= 0.3 is 0 Å². The Morgan fingerprint density at radius 3 is 2.06 bits per heavy atom. The van der Waals surface area contributed by atoms with Gasteiger partial charge in [-0.05, 0) is 35.1 Å². The van der Waals surface area contributed by atoms with Crippen LogP contribution in [0.4, 0.5) is 11.4 Å². The number of hydrazone groups is 1. The van der Waals surface area contributed by atoms with E-state index >= 15 is 0 Å². The summed E-state index contributed by atoms with van der Waals surface area (Å²) in [6.45, 7) is 12.3. The monoisotopic (exact) mass is 472 g/mol. The maximum absolute atomic E-state index is 11.1. The van der Waals surface area contributed by atoms with Crippen LogP contribution in [0, 0.1) is 10.1 Å². The van der Waals surface area contributed by atoms with Gasteiger partial charge in [0.1, 0.15) is 5.75 Å². The average molecular weight is 473 g/mol. The van der Waals surface area contributed by atoms with Crippen LogP contribution in [0.3, 0.4) is 0 Å². The second-order valence-corrected chi connectivity index (χ2v) is 10.4. The molecule has 0 aliphatic rings. The molecule has 0 bridgehead atoms. The largest absolute Gasteiger partial charge is 0.507 e. The molecule has 0 saturated carbocycles. The van der Waals surface area contributed by atoms with Gasteiger partial charge in [-0.2, -0.15) is 5.10 Å². The molecule has 182 valence electrons. The predicted molar refractivity (Wildman–Crippen MR) is 142 cm³/mol. The highest BCUT2D eigenvalue weighted by Crippen LogP contribution is 2.40. The van der Waals surface area contributed by atoms with Crippen molar-refractivity contribution in [2.45, 2.75) is 52.4 Å². The fourth-order valence-corrected chi connectivity index (χ4v) is 3.59. The molecular formula is C28H32N4O3. The summed E-state index contributed by atoms with van der Waals surface area (Å²) < 4.78 is 0. The first kappa shape index (κ1) is 25.6. The van der Waals surface area contributed by atoms with E-state index in [0.717, 1.165) is 22.4 Å². The first-order chi connectivity index (χ1) is 16.4. The van der Waals surface area contributed by atoms with Crippen molar-refractivity contribution in [2.24, 2.45) is 10.1 Å². The number of para-hydroxylation sites is 1. The van der Waals surface area contributed by atoms with E-state index < -0.39 is 4.92 Å². The molecular weight excluding hydrogens is 440 g/mol. The van der Waals surface area contributed by atoms with Crippen LogP contribution < -0.4 is 5.43 Å². The van der Waals surface area contributed by atoms with E-state index in [2.05, 4.69) is 52.1 Å². The summed E-state index contributed by atoms with van der Waals surface area (Å²) in [7, 11) is 0. The van der Waals surface area contributed by atoms with Gasteiger partial charge in [0.05, 0.1) is 16.8 Å². The summed E-state index contributed by atoms with van der Waals surface area (Å²) in [6, 6.07) is 19.6. The molecule has 35 heavy (non-hydrogen) atoms. The smallest absolute Gasteiger partial charge is 0.270 e. The Labute approximate surface area is 206 Å². The van der Waals surface area contributed by atoms with Crippen LogP contribution in [0.1, 0.15) is 63.8 Å². The second kappa shape index (κ2) is 10.1. The van der Waals surface area contributed by atoms with E-state index in [4.69, 9.17) is 4.99 Å². The van der Waals surface area contributed by atoms with Crippen LogP contribution in [0.5, 0.6) is 5.75 Å². The number of non-ortho nitro benzene ring substituents is 1. The third-order valence-electron chi connectivity index (χ3n) is 5.46. The summed E-state index contributed by atoms with van der Waals surface area (Å²) in [6.07, 6.45) is 1.52. The van der Waals surface area contributed by atoms with Crippen molar-refractivity contribution in [1.29, 1.82) is 0 Å². The Morgan fingerprint density at radius 1 is 0.914 bits per heavy atom. The van der Waals surface area contributed by atoms with Crippen LogP contribution in [-0.2, 0) is 10.8 Å². The molecule has 0 saturated heterocycles. The number of aliphatic imine (C=N–C) groups is 1. The highest BCUT2D eigenvalue weighted by molar-refractivity contribution is 6.01. The minimum absolute atomic E-state index is 0.00435. The molecule has 3 aromatic rings. The third-order valence-corrected chi connectivity index (χ3v) is 5.46. The van der Waals surface area contributed by atoms with Crippen molar-refractivity contribution < 1.29 is 10.0 Å². The highest BCUT2D eigenvalue weighted by Gasteiger charge is 2.27. The molecule has 0 atom stereocenters. The van der Waals surface area contributed by atoms with Gasteiger partial charge in [0.2, 0.25) is 0 Å². The molecule has 0 unspecified atom stereocenters. The van der Waals surface area contributed by atoms with Gasteiger partial charge in [0.25, 0.3) is 5.69 Å². The molecule has 3 aromatic carbocycles. The molecule has 7 heteroatoms. The van der Waals surface area contributed by atoms with Crippen molar-refractivity contribution in [3.8, 4) is 5.75 Å². The number of nitrogens with one attached hydrogen (secondary N) is 1. The van der Waals surface area contributed by atoms with Crippen LogP contribution in [-0.4, -0.2) is 22.1 Å². The fraction of sp³-hybridized carbons (Fsp3) is 0.286. The molecule has 0 amide bonds. The Balaban J connectivity index is 2.11. The maximum atomic E-state index is 11.1. The first-order valence-electron chi connectivity index (χ1n) is 11.4. The van der Waals surface area contributed by atoms with Crippen LogP contribution >= 0.6 is 0 Å². The molecule has 0 radical (unpaired) electrons. The van der Waals surface area contributed by atoms with E-state index in [0.29, 0.717) is 11.4 Å². The first-order valence-corrected chi connectivity index (χ1v) is 11.4. The van der Waals surface area contributed by atoms with E-state index in [1.807, 2.05) is 42.5 Å². The number of hydrogen-bond acceptors (Lipinski definition) is 5. The predicted octanol–water partition coefficient (Wildman–Crippen LogP) is 6.60. The molecule has 2 N–H and O–H groups in total. The number of benzene rings is 3. The van der Waals surface area contributed by atoms with Crippen LogP contribution in [0.2, 0.25) is 0 Å². The lowest BCUT2D eigenvalue weighted by Gasteiger charge is -2.28. The van der Waals surface area contributed by atoms with E-state index in [1.54, 1.807) is 12.1 Å². The lowest BCUT2D eigenvalue weighted by Crippen LogP contribution is -2.23. The van der Waals surface area contributed by atoms with Gasteiger partial charge in [-0.3, -0.25) is 15.5 Å². The lowest BCUT2D eigenvalue weighted by atomic mass is 9.78. The zero-order chi connectivity index (χ0) is 25.8. The molecule has 7 nitrogen and oxygen atoms in total. The zero-order valence-electron chi connectivity index (χ0n) is 21.0. The fourth-order valence-electron chi connectivity index (χ4n) is 3.59. The standard InChI is InChI=1S/C28H32N4O3/c1-27(2,3)23-16-20(17-24(25(23)33)28(4,5)6)26(30-21-12-8-7-9-13-21)31-29-18-19-11-10-14-22(15-19)32(34)35/h7-18,33H,1-6H3,(H,30,31). The number of hydrogen-bond donors (Lipinski definition) is 2. The molecule has 0 aliphatic carbocycles. The van der Waals surface area contributed by atoms with Crippen LogP contribution in [0.25, 0.3) is 0 Å². The van der Waals surface area contributed by atoms with Crippen molar-refractivity contribution in [3.63, 3.8) is 0 Å². The summed E-state index contributed by atoms with van der Waals surface area (Å²) >= 11 is 0. The van der Waals surface area contributed by atoms with E-state index in [-0.39, 0.29) is 22.3 Å². The zero-order valence-corrected chi connectivity index (χ0v) is 21.0. The Kier molecular flexibility index (Phi) is 7.39. The maximum Gasteiger partial charge on any atom is 0.270 e. The van der Waals surface area contributed by atoms with Gasteiger partial charge in [-0.15, -0.1) is 0 Å². The average Bonchev–Trinajstić information content (AvgIpc) is 2.78. The molecule has 0 heterocycles. The molecule has 3 rings (SSSR count). The Hall–Kier alpha value is -4.00. The van der Waals surface area contributed by atoms with Gasteiger partial charge < -0.3 is 5.11 Å². The van der Waals surface area contributed by atoms with Gasteiger partial charge in [-0.1, -0.05) is 71.9 Å². The third kappa shape index (κ3) is 6.53. The number of nitro groups is 1. The van der Waals surface area contributed by atoms with Crippen LogP contribution in [0.15, 0.2) is 76.8 Å². The summed E-state index contributed by atoms with van der Waals surface area (Å²) in [5, 5.41) is 26.5. The van der Waals surface area contributed by atoms with Gasteiger partial charge in [0, 0.05) is 34.4 Å². The van der Waals surface area contributed by atoms with Crippen molar-refractivity contribution >= 4 is 23.4 Å². The number of amidine groups is 1. The summed E-state index contributed by atoms with van der Waals surface area (Å²) in [4.78, 5) is 15.4. The number of nitro benzene ring substituents is 1. The van der Waals surface area contributed by atoms with Gasteiger partial charge in [0.15, 0.2) is 5.84 Å². The lowest BCUT2D eigenvalue weighted by molar-refractivity contribution is -0.384. The summed E-state index contributed by atoms with van der Waals surface area (Å²) in [5.41, 5.74) is 6.14. The van der Waals surface area contributed by atoms with Crippen molar-refractivity contribution in [3.05, 3.63) is 99.1 Å². The SMILES string of the molecule is CC(C)(C)c1cc(C(=Nc2ccccc2)NN=Cc2cccc([N+](=O)[O-])c2)cc(C(C)(C)C)c1O. The quantitative estimate of drug-likeness (QED) is 0.189. The number of nitrogens with zero attached hydrogens (tertiary/aromatic N) is 3. The summed E-state index contributed by atoms with van der Waals surface area (Å²) in [5.74, 6) is 0.779. The number of rotatable bonds is 5. The Morgan fingerprint density at radius 2 is 1.51 bits per heavy atom. The van der Waals surface area contributed by atoms with E-state index in [9.17, 15) is 15.2 Å². The van der Waals surface area contributed by atoms with Crippen molar-refractivity contribution in [1.82, 2.24) is 5.43 Å². The van der Waals surface area contributed by atoms with Gasteiger partial charge in [-0.25, -0.2) is 4.99 Å². The molecule has 0 fully saturated rings.